The van der Waals surface area contributed by atoms with Gasteiger partial charge in [0.15, 0.2) is 0 Å². The van der Waals surface area contributed by atoms with Crippen molar-refractivity contribution in [3.05, 3.63) is 70.6 Å². The normalized spacial score (nSPS) is 10.4. The van der Waals surface area contributed by atoms with Crippen LogP contribution in [0.4, 0.5) is 0 Å². The first-order valence-corrected chi connectivity index (χ1v) is 8.62. The Labute approximate surface area is 143 Å². The van der Waals surface area contributed by atoms with Gasteiger partial charge in [0.1, 0.15) is 0 Å². The Kier molecular flexibility index (Phi) is 7.30. The Morgan fingerprint density at radius 3 is 2.46 bits per heavy atom. The first-order chi connectivity index (χ1) is 11.8. The molecule has 0 spiro atoms. The van der Waals surface area contributed by atoms with Crippen LogP contribution >= 0.6 is 0 Å². The Morgan fingerprint density at radius 1 is 1.04 bits per heavy atom. The summed E-state index contributed by atoms with van der Waals surface area (Å²) in [7, 11) is 1.99. The second kappa shape index (κ2) is 9.73. The molecule has 1 heterocycles. The molecule has 24 heavy (non-hydrogen) atoms. The van der Waals surface area contributed by atoms with E-state index in [0.29, 0.717) is 0 Å². The molecule has 4 nitrogen and oxygen atoms in total. The third-order valence-corrected chi connectivity index (χ3v) is 3.86. The number of H-pyrrole nitrogens is 1. The monoisotopic (exact) mass is 325 g/mol. The van der Waals surface area contributed by atoms with Gasteiger partial charge in [-0.1, -0.05) is 49.4 Å². The molecule has 0 bridgehead atoms. The second-order valence-electron chi connectivity index (χ2n) is 5.79. The number of para-hydroxylation sites is 2. The molecule has 0 aliphatic carbocycles. The minimum atomic E-state index is -0.0111. The topological polar surface area (TPSA) is 49.8 Å². The molecule has 0 saturated heterocycles. The van der Waals surface area contributed by atoms with Crippen molar-refractivity contribution in [3.63, 3.8) is 0 Å². The molecule has 0 radical (unpaired) electrons. The van der Waals surface area contributed by atoms with Gasteiger partial charge in [-0.25, -0.2) is 4.79 Å². The zero-order valence-electron chi connectivity index (χ0n) is 14.6. The molecule has 2 N–H and O–H groups in total. The van der Waals surface area contributed by atoms with E-state index in [9.17, 15) is 4.79 Å². The Bertz CT molecular complexity index is 774. The third-order valence-electron chi connectivity index (χ3n) is 3.86. The first-order valence-electron chi connectivity index (χ1n) is 8.62. The molecule has 0 amide bonds. The highest BCUT2D eigenvalue weighted by Crippen LogP contribution is 2.08. The second-order valence-corrected chi connectivity index (χ2v) is 5.79. The molecule has 3 aromatic rings. The number of benzene rings is 2. The van der Waals surface area contributed by atoms with Crippen molar-refractivity contribution in [2.45, 2.75) is 32.7 Å². The standard InChI is InChI=1S/C10H12N2O.C10H15N/c1-2-7-12-9-6-4-3-5-8(9)11-10(12)13;1-11-9-5-8-10-6-3-2-4-7-10/h3-6H,2,7H2,1H3,(H,11,13);2-4,6-7,11H,5,8-9H2,1H3. The number of nitrogens with one attached hydrogen (secondary N) is 2. The zero-order chi connectivity index (χ0) is 17.2. The smallest absolute Gasteiger partial charge is 0.320 e. The van der Waals surface area contributed by atoms with Gasteiger partial charge in [-0.15, -0.1) is 0 Å². The molecule has 0 fully saturated rings. The first kappa shape index (κ1) is 18.0. The van der Waals surface area contributed by atoms with Gasteiger partial charge in [0.2, 0.25) is 0 Å². The van der Waals surface area contributed by atoms with Crippen molar-refractivity contribution in [1.82, 2.24) is 14.9 Å². The minimum absolute atomic E-state index is 0.0111. The summed E-state index contributed by atoms with van der Waals surface area (Å²) in [5.74, 6) is 0. The van der Waals surface area contributed by atoms with Gasteiger partial charge in [-0.05, 0) is 50.6 Å². The highest BCUT2D eigenvalue weighted by atomic mass is 16.1. The van der Waals surface area contributed by atoms with Crippen molar-refractivity contribution in [3.8, 4) is 0 Å². The fourth-order valence-corrected chi connectivity index (χ4v) is 2.67. The summed E-state index contributed by atoms with van der Waals surface area (Å²) in [5, 5.41) is 3.14. The van der Waals surface area contributed by atoms with Gasteiger partial charge in [-0.2, -0.15) is 0 Å². The number of fused-ring (bicyclic) bond motifs is 1. The van der Waals surface area contributed by atoms with Crippen LogP contribution in [0.1, 0.15) is 25.3 Å². The van der Waals surface area contributed by atoms with Gasteiger partial charge in [-0.3, -0.25) is 4.57 Å². The summed E-state index contributed by atoms with van der Waals surface area (Å²) >= 11 is 0. The zero-order valence-corrected chi connectivity index (χ0v) is 14.6. The van der Waals surface area contributed by atoms with Crippen molar-refractivity contribution in [1.29, 1.82) is 0 Å². The minimum Gasteiger partial charge on any atom is -0.320 e. The molecule has 0 aliphatic heterocycles. The lowest BCUT2D eigenvalue weighted by atomic mass is 10.1. The number of nitrogens with zero attached hydrogens (tertiary/aromatic N) is 1. The average Bonchev–Trinajstić information content (AvgIpc) is 2.93. The molecular weight excluding hydrogens is 298 g/mol. The van der Waals surface area contributed by atoms with Crippen LogP contribution in [0.3, 0.4) is 0 Å². The summed E-state index contributed by atoms with van der Waals surface area (Å²) in [6.07, 6.45) is 3.38. The van der Waals surface area contributed by atoms with E-state index >= 15 is 0 Å². The van der Waals surface area contributed by atoms with Gasteiger partial charge >= 0.3 is 5.69 Å². The van der Waals surface area contributed by atoms with Gasteiger partial charge in [0.25, 0.3) is 0 Å². The van der Waals surface area contributed by atoms with Crippen molar-refractivity contribution < 1.29 is 0 Å². The number of aromatic amines is 1. The Balaban J connectivity index is 0.000000177. The highest BCUT2D eigenvalue weighted by molar-refractivity contribution is 5.74. The lowest BCUT2D eigenvalue weighted by Crippen LogP contribution is -2.16. The Hall–Kier alpha value is -2.33. The summed E-state index contributed by atoms with van der Waals surface area (Å²) in [5.41, 5.74) is 3.33. The van der Waals surface area contributed by atoms with Crippen LogP contribution in [-0.2, 0) is 13.0 Å². The number of imidazole rings is 1. The molecule has 0 atom stereocenters. The van der Waals surface area contributed by atoms with Gasteiger partial charge < -0.3 is 10.3 Å². The van der Waals surface area contributed by atoms with Crippen molar-refractivity contribution in [2.75, 3.05) is 13.6 Å². The van der Waals surface area contributed by atoms with Crippen LogP contribution in [0.15, 0.2) is 59.4 Å². The molecule has 3 rings (SSSR count). The molecule has 0 saturated carbocycles. The van der Waals surface area contributed by atoms with Crippen LogP contribution in [0.5, 0.6) is 0 Å². The van der Waals surface area contributed by atoms with Crippen LogP contribution in [0.2, 0.25) is 0 Å². The third kappa shape index (κ3) is 5.10. The maximum atomic E-state index is 11.4. The van der Waals surface area contributed by atoms with Crippen LogP contribution < -0.4 is 11.0 Å². The summed E-state index contributed by atoms with van der Waals surface area (Å²) in [6.45, 7) is 3.95. The molecule has 4 heteroatoms. The lowest BCUT2D eigenvalue weighted by molar-refractivity contribution is 0.674. The molecule has 2 aromatic carbocycles. The number of hydrogen-bond acceptors (Lipinski definition) is 2. The highest BCUT2D eigenvalue weighted by Gasteiger charge is 2.03. The SMILES string of the molecule is CCCn1c(=O)[nH]c2ccccc21.CNCCCc1ccccc1. The molecule has 0 unspecified atom stereocenters. The Morgan fingerprint density at radius 2 is 1.75 bits per heavy atom. The van der Waals surface area contributed by atoms with Gasteiger partial charge in [0, 0.05) is 6.54 Å². The predicted molar refractivity (Wildman–Crippen MR) is 102 cm³/mol. The van der Waals surface area contributed by atoms with E-state index in [4.69, 9.17) is 0 Å². The number of aromatic nitrogens is 2. The van der Waals surface area contributed by atoms with Crippen molar-refractivity contribution in [2.24, 2.45) is 0 Å². The fraction of sp³-hybridized carbons (Fsp3) is 0.350. The summed E-state index contributed by atoms with van der Waals surface area (Å²) in [4.78, 5) is 14.3. The average molecular weight is 325 g/mol. The van der Waals surface area contributed by atoms with Gasteiger partial charge in [0.05, 0.1) is 11.0 Å². The fourth-order valence-electron chi connectivity index (χ4n) is 2.67. The summed E-state index contributed by atoms with van der Waals surface area (Å²) in [6, 6.07) is 18.3. The number of rotatable bonds is 6. The predicted octanol–water partition coefficient (Wildman–Crippen LogP) is 3.58. The van der Waals surface area contributed by atoms with E-state index in [2.05, 4.69) is 47.6 Å². The molecular formula is C20H27N3O. The maximum absolute atomic E-state index is 11.4. The molecule has 128 valence electrons. The van der Waals surface area contributed by atoms with Crippen LogP contribution in [0.25, 0.3) is 11.0 Å². The lowest BCUT2D eigenvalue weighted by Gasteiger charge is -1.99. The number of aryl methyl sites for hydroxylation is 2. The van der Waals surface area contributed by atoms with E-state index in [1.165, 1.54) is 18.4 Å². The van der Waals surface area contributed by atoms with E-state index in [0.717, 1.165) is 30.5 Å². The number of hydrogen-bond donors (Lipinski definition) is 2. The van der Waals surface area contributed by atoms with Crippen LogP contribution in [0, 0.1) is 0 Å². The van der Waals surface area contributed by atoms with Crippen LogP contribution in [-0.4, -0.2) is 23.1 Å². The largest absolute Gasteiger partial charge is 0.326 e. The maximum Gasteiger partial charge on any atom is 0.326 e. The molecule has 0 aliphatic rings. The summed E-state index contributed by atoms with van der Waals surface area (Å²) < 4.78 is 1.77. The molecule has 1 aromatic heterocycles. The van der Waals surface area contributed by atoms with E-state index < -0.39 is 0 Å². The van der Waals surface area contributed by atoms with E-state index in [1.807, 2.05) is 31.3 Å². The van der Waals surface area contributed by atoms with Crippen molar-refractivity contribution >= 4 is 11.0 Å². The van der Waals surface area contributed by atoms with E-state index in [1.54, 1.807) is 4.57 Å². The van der Waals surface area contributed by atoms with E-state index in [-0.39, 0.29) is 5.69 Å². The quantitative estimate of drug-likeness (QED) is 0.681.